The molecule has 1 aliphatic rings. The van der Waals surface area contributed by atoms with Crippen molar-refractivity contribution in [1.82, 2.24) is 30.1 Å². The Morgan fingerprint density at radius 3 is 2.78 bits per heavy atom. The van der Waals surface area contributed by atoms with E-state index >= 15 is 0 Å². The summed E-state index contributed by atoms with van der Waals surface area (Å²) >= 11 is 1.68. The van der Waals surface area contributed by atoms with Gasteiger partial charge in [0, 0.05) is 34.6 Å². The SMILES string of the molecule is O=C(Nc1cncc(-c2cc3c(-c4cc5c(-c6ccsc6)ccnc5[nH]4)n[nH]c3cn2)c1)C1CCCC1. The van der Waals surface area contributed by atoms with Crippen LogP contribution in [0.5, 0.6) is 0 Å². The second-order valence-electron chi connectivity index (χ2n) is 9.44. The summed E-state index contributed by atoms with van der Waals surface area (Å²) in [5.74, 6) is 0.170. The molecule has 0 atom stereocenters. The summed E-state index contributed by atoms with van der Waals surface area (Å²) in [4.78, 5) is 29.6. The van der Waals surface area contributed by atoms with E-state index < -0.39 is 0 Å². The monoisotopic (exact) mass is 505 g/mol. The summed E-state index contributed by atoms with van der Waals surface area (Å²) in [5, 5.41) is 16.9. The fraction of sp³-hybridized carbons (Fsp3) is 0.179. The van der Waals surface area contributed by atoms with Gasteiger partial charge in [-0.1, -0.05) is 12.8 Å². The van der Waals surface area contributed by atoms with Crippen molar-refractivity contribution < 1.29 is 4.79 Å². The molecule has 6 aromatic heterocycles. The van der Waals surface area contributed by atoms with Crippen molar-refractivity contribution >= 4 is 44.9 Å². The molecule has 0 spiro atoms. The van der Waals surface area contributed by atoms with Gasteiger partial charge in [-0.05, 0) is 65.1 Å². The molecule has 1 fully saturated rings. The quantitative estimate of drug-likeness (QED) is 0.250. The number of carbonyl (C=O) groups excluding carboxylic acids is 1. The van der Waals surface area contributed by atoms with Crippen molar-refractivity contribution in [3.05, 3.63) is 65.9 Å². The van der Waals surface area contributed by atoms with E-state index in [1.54, 1.807) is 29.9 Å². The molecule has 182 valence electrons. The second kappa shape index (κ2) is 8.94. The van der Waals surface area contributed by atoms with Gasteiger partial charge in [0.15, 0.2) is 0 Å². The normalized spacial score (nSPS) is 14.1. The van der Waals surface area contributed by atoms with Crippen LogP contribution in [-0.2, 0) is 4.79 Å². The van der Waals surface area contributed by atoms with Crippen LogP contribution in [0.4, 0.5) is 5.69 Å². The minimum absolute atomic E-state index is 0.0752. The Balaban J connectivity index is 1.25. The van der Waals surface area contributed by atoms with Crippen molar-refractivity contribution in [3.8, 4) is 33.8 Å². The van der Waals surface area contributed by atoms with E-state index in [4.69, 9.17) is 0 Å². The van der Waals surface area contributed by atoms with Gasteiger partial charge in [-0.3, -0.25) is 19.9 Å². The number of H-pyrrole nitrogens is 2. The van der Waals surface area contributed by atoms with Crippen LogP contribution in [0.15, 0.2) is 65.9 Å². The molecule has 0 aliphatic heterocycles. The highest BCUT2D eigenvalue weighted by Crippen LogP contribution is 2.35. The van der Waals surface area contributed by atoms with Crippen molar-refractivity contribution in [2.24, 2.45) is 5.92 Å². The average molecular weight is 506 g/mol. The number of hydrogen-bond acceptors (Lipinski definition) is 6. The van der Waals surface area contributed by atoms with E-state index in [1.165, 1.54) is 5.56 Å². The van der Waals surface area contributed by atoms with E-state index in [-0.39, 0.29) is 11.8 Å². The minimum Gasteiger partial charge on any atom is -0.338 e. The lowest BCUT2D eigenvalue weighted by atomic mass is 10.1. The molecular formula is C28H23N7OS. The summed E-state index contributed by atoms with van der Waals surface area (Å²) in [5.41, 5.74) is 7.92. The summed E-state index contributed by atoms with van der Waals surface area (Å²) < 4.78 is 0. The highest BCUT2D eigenvalue weighted by Gasteiger charge is 2.23. The second-order valence-corrected chi connectivity index (χ2v) is 10.2. The lowest BCUT2D eigenvalue weighted by Crippen LogP contribution is -2.20. The van der Waals surface area contributed by atoms with Gasteiger partial charge in [-0.15, -0.1) is 0 Å². The Hall–Kier alpha value is -4.37. The zero-order valence-electron chi connectivity index (χ0n) is 19.9. The molecule has 1 amide bonds. The first-order valence-corrected chi connectivity index (χ1v) is 13.3. The number of aromatic nitrogens is 6. The topological polar surface area (TPSA) is 112 Å². The lowest BCUT2D eigenvalue weighted by Gasteiger charge is -2.11. The Morgan fingerprint density at radius 1 is 1.00 bits per heavy atom. The number of carbonyl (C=O) groups is 1. The lowest BCUT2D eigenvalue weighted by molar-refractivity contribution is -0.119. The molecule has 7 rings (SSSR count). The number of fused-ring (bicyclic) bond motifs is 2. The number of pyridine rings is 3. The summed E-state index contributed by atoms with van der Waals surface area (Å²) in [6.07, 6.45) is 11.2. The number of anilines is 1. The molecule has 0 aromatic carbocycles. The third-order valence-electron chi connectivity index (χ3n) is 7.09. The predicted molar refractivity (Wildman–Crippen MR) is 146 cm³/mol. The first-order valence-electron chi connectivity index (χ1n) is 12.3. The van der Waals surface area contributed by atoms with Gasteiger partial charge in [-0.25, -0.2) is 4.98 Å². The molecule has 3 N–H and O–H groups in total. The van der Waals surface area contributed by atoms with Crippen molar-refractivity contribution in [2.75, 3.05) is 5.32 Å². The van der Waals surface area contributed by atoms with E-state index in [2.05, 4.69) is 58.3 Å². The number of amides is 1. The fourth-order valence-corrected chi connectivity index (χ4v) is 5.84. The zero-order chi connectivity index (χ0) is 24.8. The Bertz CT molecular complexity index is 1750. The summed E-state index contributed by atoms with van der Waals surface area (Å²) in [7, 11) is 0. The zero-order valence-corrected chi connectivity index (χ0v) is 20.7. The number of rotatable bonds is 5. The highest BCUT2D eigenvalue weighted by molar-refractivity contribution is 7.08. The molecule has 0 bridgehead atoms. The van der Waals surface area contributed by atoms with Crippen molar-refractivity contribution in [3.63, 3.8) is 0 Å². The molecule has 8 nitrogen and oxygen atoms in total. The molecule has 6 aromatic rings. The van der Waals surface area contributed by atoms with Crippen LogP contribution in [0.1, 0.15) is 25.7 Å². The Morgan fingerprint density at radius 2 is 1.92 bits per heavy atom. The third-order valence-corrected chi connectivity index (χ3v) is 7.78. The van der Waals surface area contributed by atoms with Crippen molar-refractivity contribution in [2.45, 2.75) is 25.7 Å². The molecule has 37 heavy (non-hydrogen) atoms. The average Bonchev–Trinajstić information content (AvgIpc) is 3.74. The molecule has 6 heterocycles. The minimum atomic E-state index is 0.0752. The van der Waals surface area contributed by atoms with E-state index in [0.717, 1.165) is 75.8 Å². The molecule has 0 radical (unpaired) electrons. The van der Waals surface area contributed by atoms with Crippen molar-refractivity contribution in [1.29, 1.82) is 0 Å². The predicted octanol–water partition coefficient (Wildman–Crippen LogP) is 6.42. The van der Waals surface area contributed by atoms with Gasteiger partial charge in [0.05, 0.1) is 35.0 Å². The van der Waals surface area contributed by atoms with Gasteiger partial charge in [0.25, 0.3) is 0 Å². The third kappa shape index (κ3) is 3.97. The fourth-order valence-electron chi connectivity index (χ4n) is 5.18. The van der Waals surface area contributed by atoms with Gasteiger partial charge in [0.2, 0.25) is 5.91 Å². The van der Waals surface area contributed by atoms with E-state index in [0.29, 0.717) is 5.69 Å². The summed E-state index contributed by atoms with van der Waals surface area (Å²) in [6, 6.07) is 10.2. The number of thiophene rings is 1. The molecule has 0 saturated heterocycles. The maximum absolute atomic E-state index is 12.6. The number of aromatic amines is 2. The smallest absolute Gasteiger partial charge is 0.227 e. The first-order chi connectivity index (χ1) is 18.2. The maximum Gasteiger partial charge on any atom is 0.227 e. The molecule has 1 aliphatic carbocycles. The first kappa shape index (κ1) is 21.9. The van der Waals surface area contributed by atoms with Crippen LogP contribution >= 0.6 is 11.3 Å². The van der Waals surface area contributed by atoms with Crippen LogP contribution in [-0.4, -0.2) is 36.0 Å². The van der Waals surface area contributed by atoms with Gasteiger partial charge >= 0.3 is 0 Å². The standard InChI is InChI=1S/C28H23N7OS/c36-28(16-3-1-2-4-16)32-19-9-18(12-29-13-19)23-11-22-25(14-31-23)34-35-26(22)24-10-21-20(17-6-8-37-15-17)5-7-30-27(21)33-24/h5-16H,1-4H2,(H,30,33)(H,32,36)(H,34,35). The van der Waals surface area contributed by atoms with Gasteiger partial charge in [-0.2, -0.15) is 16.4 Å². The van der Waals surface area contributed by atoms with Gasteiger partial charge < -0.3 is 10.3 Å². The van der Waals surface area contributed by atoms with Gasteiger partial charge in [0.1, 0.15) is 11.3 Å². The molecular weight excluding hydrogens is 482 g/mol. The number of hydrogen-bond donors (Lipinski definition) is 3. The Labute approximate surface area is 216 Å². The van der Waals surface area contributed by atoms with Crippen LogP contribution in [0.3, 0.4) is 0 Å². The molecule has 1 saturated carbocycles. The summed E-state index contributed by atoms with van der Waals surface area (Å²) in [6.45, 7) is 0. The molecule has 0 unspecified atom stereocenters. The van der Waals surface area contributed by atoms with Crippen LogP contribution in [0.25, 0.3) is 55.7 Å². The Kier molecular flexibility index (Phi) is 5.28. The van der Waals surface area contributed by atoms with E-state index in [9.17, 15) is 4.79 Å². The van der Waals surface area contributed by atoms with Crippen LogP contribution in [0, 0.1) is 5.92 Å². The van der Waals surface area contributed by atoms with Crippen LogP contribution < -0.4 is 5.32 Å². The largest absolute Gasteiger partial charge is 0.338 e. The maximum atomic E-state index is 12.6. The van der Waals surface area contributed by atoms with Crippen LogP contribution in [0.2, 0.25) is 0 Å². The van der Waals surface area contributed by atoms with E-state index in [1.807, 2.05) is 24.4 Å². The number of nitrogens with one attached hydrogen (secondary N) is 3. The molecule has 9 heteroatoms. The highest BCUT2D eigenvalue weighted by atomic mass is 32.1. The number of nitrogens with zero attached hydrogens (tertiary/aromatic N) is 4.